The molecule has 0 amide bonds. The predicted molar refractivity (Wildman–Crippen MR) is 62.8 cm³/mol. The summed E-state index contributed by atoms with van der Waals surface area (Å²) in [6.07, 6.45) is 5.08. The van der Waals surface area contributed by atoms with Crippen molar-refractivity contribution in [1.82, 2.24) is 5.32 Å². The minimum absolute atomic E-state index is 0.737. The fraction of sp³-hybridized carbons (Fsp3) is 0.917. The zero-order chi connectivity index (χ0) is 10.4. The Kier molecular flexibility index (Phi) is 4.99. The third-order valence-corrected chi connectivity index (χ3v) is 3.14. The van der Waals surface area contributed by atoms with Crippen molar-refractivity contribution in [2.45, 2.75) is 46.5 Å². The largest absolute Gasteiger partial charge is 0.374 e. The molecular weight excluding hydrogens is 172 g/mol. The van der Waals surface area contributed by atoms with Crippen molar-refractivity contribution in [2.75, 3.05) is 13.1 Å². The van der Waals surface area contributed by atoms with E-state index in [1.54, 1.807) is 0 Å². The normalized spacial score (nSPS) is 20.1. The van der Waals surface area contributed by atoms with E-state index in [0.29, 0.717) is 0 Å². The lowest BCUT2D eigenvalue weighted by Gasteiger charge is -2.17. The molecule has 0 aromatic carbocycles. The van der Waals surface area contributed by atoms with Gasteiger partial charge in [-0.15, -0.1) is 0 Å². The summed E-state index contributed by atoms with van der Waals surface area (Å²) in [6.45, 7) is 8.96. The first-order chi connectivity index (χ1) is 6.70. The average molecular weight is 196 g/mol. The molecule has 1 atom stereocenters. The minimum Gasteiger partial charge on any atom is -0.374 e. The number of aliphatic imine (C=N–C) groups is 1. The van der Waals surface area contributed by atoms with E-state index in [2.05, 4.69) is 31.1 Å². The Hall–Kier alpha value is -0.530. The Morgan fingerprint density at radius 2 is 2.00 bits per heavy atom. The van der Waals surface area contributed by atoms with Gasteiger partial charge < -0.3 is 5.32 Å². The highest BCUT2D eigenvalue weighted by atomic mass is 15.0. The second-order valence-corrected chi connectivity index (χ2v) is 4.74. The second-order valence-electron chi connectivity index (χ2n) is 4.74. The Labute approximate surface area is 88.2 Å². The van der Waals surface area contributed by atoms with Crippen LogP contribution in [0.15, 0.2) is 4.99 Å². The van der Waals surface area contributed by atoms with Crippen LogP contribution in [0.2, 0.25) is 0 Å². The van der Waals surface area contributed by atoms with E-state index in [9.17, 15) is 0 Å². The lowest BCUT2D eigenvalue weighted by atomic mass is 9.98. The lowest BCUT2D eigenvalue weighted by molar-refractivity contribution is 0.414. The SMILES string of the molecule is CC(C)C(C)CNC1=NCCCCC1. The van der Waals surface area contributed by atoms with E-state index in [4.69, 9.17) is 0 Å². The first-order valence-corrected chi connectivity index (χ1v) is 5.97. The summed E-state index contributed by atoms with van der Waals surface area (Å²) in [5.74, 6) is 2.74. The highest BCUT2D eigenvalue weighted by Crippen LogP contribution is 2.09. The Morgan fingerprint density at radius 3 is 2.71 bits per heavy atom. The highest BCUT2D eigenvalue weighted by Gasteiger charge is 2.08. The molecule has 2 heteroatoms. The topological polar surface area (TPSA) is 24.4 Å². The van der Waals surface area contributed by atoms with Crippen LogP contribution in [0.3, 0.4) is 0 Å². The molecule has 0 aliphatic carbocycles. The fourth-order valence-corrected chi connectivity index (χ4v) is 1.53. The van der Waals surface area contributed by atoms with Crippen molar-refractivity contribution in [3.8, 4) is 0 Å². The number of hydrogen-bond donors (Lipinski definition) is 1. The molecule has 1 unspecified atom stereocenters. The van der Waals surface area contributed by atoms with Gasteiger partial charge in [0.05, 0.1) is 5.84 Å². The number of amidine groups is 1. The van der Waals surface area contributed by atoms with Gasteiger partial charge in [-0.25, -0.2) is 0 Å². The molecule has 0 radical (unpaired) electrons. The standard InChI is InChI=1S/C12H24N2/c1-10(2)11(3)9-14-12-7-5-4-6-8-13-12/h10-11H,4-9H2,1-3H3,(H,13,14). The summed E-state index contributed by atoms with van der Waals surface area (Å²) >= 11 is 0. The van der Waals surface area contributed by atoms with Crippen LogP contribution < -0.4 is 5.32 Å². The summed E-state index contributed by atoms with van der Waals surface area (Å²) in [6, 6.07) is 0. The molecule has 0 aromatic heterocycles. The summed E-state index contributed by atoms with van der Waals surface area (Å²) < 4.78 is 0. The van der Waals surface area contributed by atoms with Crippen LogP contribution in [-0.2, 0) is 0 Å². The van der Waals surface area contributed by atoms with Crippen molar-refractivity contribution >= 4 is 5.84 Å². The molecule has 1 aliphatic heterocycles. The molecular formula is C12H24N2. The maximum absolute atomic E-state index is 4.56. The predicted octanol–water partition coefficient (Wildman–Crippen LogP) is 2.84. The molecule has 82 valence electrons. The number of nitrogens with one attached hydrogen (secondary N) is 1. The van der Waals surface area contributed by atoms with Crippen LogP contribution in [-0.4, -0.2) is 18.9 Å². The maximum atomic E-state index is 4.56. The van der Waals surface area contributed by atoms with Gasteiger partial charge >= 0.3 is 0 Å². The Morgan fingerprint density at radius 1 is 1.21 bits per heavy atom. The van der Waals surface area contributed by atoms with Crippen molar-refractivity contribution < 1.29 is 0 Å². The van der Waals surface area contributed by atoms with Gasteiger partial charge in [-0.2, -0.15) is 0 Å². The van der Waals surface area contributed by atoms with E-state index in [1.807, 2.05) is 0 Å². The van der Waals surface area contributed by atoms with Crippen LogP contribution in [0.5, 0.6) is 0 Å². The lowest BCUT2D eigenvalue weighted by Crippen LogP contribution is -2.30. The van der Waals surface area contributed by atoms with Crippen LogP contribution in [0.25, 0.3) is 0 Å². The molecule has 1 rings (SSSR count). The first-order valence-electron chi connectivity index (χ1n) is 5.97. The summed E-state index contributed by atoms with van der Waals surface area (Å²) in [5.41, 5.74) is 0. The zero-order valence-corrected chi connectivity index (χ0v) is 9.84. The van der Waals surface area contributed by atoms with Crippen molar-refractivity contribution in [3.63, 3.8) is 0 Å². The van der Waals surface area contributed by atoms with E-state index < -0.39 is 0 Å². The second kappa shape index (κ2) is 6.05. The van der Waals surface area contributed by atoms with Crippen LogP contribution >= 0.6 is 0 Å². The van der Waals surface area contributed by atoms with Gasteiger partial charge in [0.1, 0.15) is 0 Å². The molecule has 2 nitrogen and oxygen atoms in total. The number of rotatable bonds is 3. The van der Waals surface area contributed by atoms with Crippen molar-refractivity contribution in [2.24, 2.45) is 16.8 Å². The molecule has 0 aromatic rings. The molecule has 0 saturated heterocycles. The highest BCUT2D eigenvalue weighted by molar-refractivity contribution is 5.82. The number of hydrogen-bond acceptors (Lipinski definition) is 2. The van der Waals surface area contributed by atoms with Gasteiger partial charge in [-0.05, 0) is 24.7 Å². The molecule has 0 bridgehead atoms. The van der Waals surface area contributed by atoms with Crippen LogP contribution in [0, 0.1) is 11.8 Å². The molecule has 1 N–H and O–H groups in total. The molecule has 0 saturated carbocycles. The minimum atomic E-state index is 0.737. The monoisotopic (exact) mass is 196 g/mol. The molecule has 0 fully saturated rings. The number of nitrogens with zero attached hydrogens (tertiary/aromatic N) is 1. The molecule has 0 spiro atoms. The van der Waals surface area contributed by atoms with E-state index in [-0.39, 0.29) is 0 Å². The van der Waals surface area contributed by atoms with Gasteiger partial charge in [-0.3, -0.25) is 4.99 Å². The zero-order valence-electron chi connectivity index (χ0n) is 9.84. The smallest absolute Gasteiger partial charge is 0.0963 e. The fourth-order valence-electron chi connectivity index (χ4n) is 1.53. The average Bonchev–Trinajstić information content (AvgIpc) is 2.42. The molecule has 1 aliphatic rings. The maximum Gasteiger partial charge on any atom is 0.0963 e. The Balaban J connectivity index is 2.25. The van der Waals surface area contributed by atoms with Crippen LogP contribution in [0.4, 0.5) is 0 Å². The van der Waals surface area contributed by atoms with Gasteiger partial charge in [0.2, 0.25) is 0 Å². The third kappa shape index (κ3) is 4.12. The summed E-state index contributed by atoms with van der Waals surface area (Å²) in [7, 11) is 0. The summed E-state index contributed by atoms with van der Waals surface area (Å²) in [4.78, 5) is 4.56. The van der Waals surface area contributed by atoms with Gasteiger partial charge in [0, 0.05) is 19.5 Å². The Bertz CT molecular complexity index is 185. The van der Waals surface area contributed by atoms with Crippen molar-refractivity contribution in [1.29, 1.82) is 0 Å². The first kappa shape index (κ1) is 11.5. The third-order valence-electron chi connectivity index (χ3n) is 3.14. The molecule has 1 heterocycles. The van der Waals surface area contributed by atoms with Crippen molar-refractivity contribution in [3.05, 3.63) is 0 Å². The van der Waals surface area contributed by atoms with E-state index >= 15 is 0 Å². The quantitative estimate of drug-likeness (QED) is 0.737. The van der Waals surface area contributed by atoms with Gasteiger partial charge in [-0.1, -0.05) is 27.2 Å². The van der Waals surface area contributed by atoms with Gasteiger partial charge in [0.25, 0.3) is 0 Å². The van der Waals surface area contributed by atoms with Crippen LogP contribution in [0.1, 0.15) is 46.5 Å². The van der Waals surface area contributed by atoms with E-state index in [1.165, 1.54) is 25.1 Å². The summed E-state index contributed by atoms with van der Waals surface area (Å²) in [5, 5.41) is 3.49. The van der Waals surface area contributed by atoms with Gasteiger partial charge in [0.15, 0.2) is 0 Å². The molecule has 14 heavy (non-hydrogen) atoms. The van der Waals surface area contributed by atoms with E-state index in [0.717, 1.165) is 31.3 Å².